The van der Waals surface area contributed by atoms with E-state index in [2.05, 4.69) is 4.98 Å². The predicted molar refractivity (Wildman–Crippen MR) is 80.5 cm³/mol. The van der Waals surface area contributed by atoms with Gasteiger partial charge in [-0.1, -0.05) is 30.3 Å². The summed E-state index contributed by atoms with van der Waals surface area (Å²) in [6, 6.07) is 15.6. The molecule has 4 nitrogen and oxygen atoms in total. The summed E-state index contributed by atoms with van der Waals surface area (Å²) in [5.74, 6) is 2.05. The first kappa shape index (κ1) is 13.2. The topological polar surface area (TPSA) is 44.5 Å². The fraction of sp³-hybridized carbons (Fsp3) is 0.118. The first-order valence-corrected chi connectivity index (χ1v) is 6.55. The Labute approximate surface area is 123 Å². The molecule has 4 heteroatoms. The van der Waals surface area contributed by atoms with Crippen molar-refractivity contribution in [2.75, 3.05) is 14.2 Å². The average molecular weight is 281 g/mol. The van der Waals surface area contributed by atoms with Crippen molar-refractivity contribution in [1.29, 1.82) is 0 Å². The normalized spacial score (nSPS) is 10.4. The molecule has 3 rings (SSSR count). The Balaban J connectivity index is 2.08. The van der Waals surface area contributed by atoms with E-state index < -0.39 is 0 Å². The Morgan fingerprint density at radius 1 is 0.857 bits per heavy atom. The second kappa shape index (κ2) is 5.71. The quantitative estimate of drug-likeness (QED) is 0.724. The molecule has 0 aliphatic carbocycles. The van der Waals surface area contributed by atoms with E-state index in [-0.39, 0.29) is 0 Å². The van der Waals surface area contributed by atoms with Gasteiger partial charge in [0.1, 0.15) is 5.69 Å². The molecular weight excluding hydrogens is 266 g/mol. The van der Waals surface area contributed by atoms with Gasteiger partial charge in [-0.3, -0.25) is 0 Å². The molecule has 0 saturated carbocycles. The Morgan fingerprint density at radius 2 is 1.62 bits per heavy atom. The van der Waals surface area contributed by atoms with Crippen LogP contribution in [0.4, 0.5) is 0 Å². The van der Waals surface area contributed by atoms with E-state index in [0.29, 0.717) is 17.3 Å². The van der Waals surface area contributed by atoms with Crippen LogP contribution in [-0.2, 0) is 0 Å². The van der Waals surface area contributed by atoms with Gasteiger partial charge >= 0.3 is 0 Å². The fourth-order valence-electron chi connectivity index (χ4n) is 2.23. The van der Waals surface area contributed by atoms with Crippen molar-refractivity contribution >= 4 is 0 Å². The Morgan fingerprint density at radius 3 is 2.33 bits per heavy atom. The van der Waals surface area contributed by atoms with Gasteiger partial charge < -0.3 is 13.9 Å². The van der Waals surface area contributed by atoms with E-state index in [1.165, 1.54) is 6.39 Å². The lowest BCUT2D eigenvalue weighted by atomic mass is 10.1. The summed E-state index contributed by atoms with van der Waals surface area (Å²) < 4.78 is 16.2. The molecule has 106 valence electrons. The number of ether oxygens (including phenoxy) is 2. The number of rotatable bonds is 4. The lowest BCUT2D eigenvalue weighted by molar-refractivity contribution is 0.355. The predicted octanol–water partition coefficient (Wildman–Crippen LogP) is 4.03. The second-order valence-electron chi connectivity index (χ2n) is 4.47. The Hall–Kier alpha value is -2.75. The maximum absolute atomic E-state index is 5.57. The van der Waals surface area contributed by atoms with Crippen LogP contribution in [0.25, 0.3) is 22.6 Å². The van der Waals surface area contributed by atoms with E-state index in [1.54, 1.807) is 14.2 Å². The van der Waals surface area contributed by atoms with E-state index in [0.717, 1.165) is 16.8 Å². The third-order valence-electron chi connectivity index (χ3n) is 3.26. The molecule has 21 heavy (non-hydrogen) atoms. The second-order valence-corrected chi connectivity index (χ2v) is 4.47. The van der Waals surface area contributed by atoms with Gasteiger partial charge in [0.05, 0.1) is 14.2 Å². The monoisotopic (exact) mass is 281 g/mol. The van der Waals surface area contributed by atoms with Crippen LogP contribution >= 0.6 is 0 Å². The lowest BCUT2D eigenvalue weighted by Gasteiger charge is -2.09. The van der Waals surface area contributed by atoms with Crippen LogP contribution in [-0.4, -0.2) is 19.2 Å². The van der Waals surface area contributed by atoms with Gasteiger partial charge in [0.15, 0.2) is 23.7 Å². The van der Waals surface area contributed by atoms with Crippen molar-refractivity contribution in [2.24, 2.45) is 0 Å². The molecule has 0 aliphatic heterocycles. The summed E-state index contributed by atoms with van der Waals surface area (Å²) in [6.45, 7) is 0. The maximum atomic E-state index is 5.57. The van der Waals surface area contributed by atoms with Crippen molar-refractivity contribution in [3.8, 4) is 34.1 Å². The summed E-state index contributed by atoms with van der Waals surface area (Å²) in [7, 11) is 3.22. The van der Waals surface area contributed by atoms with Gasteiger partial charge in [0.25, 0.3) is 0 Å². The Bertz CT molecular complexity index is 735. The molecule has 0 saturated heterocycles. The summed E-state index contributed by atoms with van der Waals surface area (Å²) in [5.41, 5.74) is 2.71. The minimum Gasteiger partial charge on any atom is -0.493 e. The molecular formula is C17H15NO3. The summed E-state index contributed by atoms with van der Waals surface area (Å²) >= 11 is 0. The van der Waals surface area contributed by atoms with Gasteiger partial charge in [-0.15, -0.1) is 0 Å². The molecule has 0 spiro atoms. The van der Waals surface area contributed by atoms with E-state index in [9.17, 15) is 0 Å². The summed E-state index contributed by atoms with van der Waals surface area (Å²) in [5, 5.41) is 0. The molecule has 0 aliphatic rings. The molecule has 3 aromatic rings. The van der Waals surface area contributed by atoms with E-state index >= 15 is 0 Å². The maximum Gasteiger partial charge on any atom is 0.182 e. The molecule has 1 heterocycles. The van der Waals surface area contributed by atoms with Crippen molar-refractivity contribution in [3.63, 3.8) is 0 Å². The first-order chi connectivity index (χ1) is 10.3. The zero-order chi connectivity index (χ0) is 14.7. The third-order valence-corrected chi connectivity index (χ3v) is 3.26. The number of hydrogen-bond donors (Lipinski definition) is 0. The highest BCUT2D eigenvalue weighted by molar-refractivity contribution is 5.77. The van der Waals surface area contributed by atoms with Crippen LogP contribution < -0.4 is 9.47 Å². The molecule has 0 unspecified atom stereocenters. The smallest absolute Gasteiger partial charge is 0.182 e. The lowest BCUT2D eigenvalue weighted by Crippen LogP contribution is -1.91. The number of benzene rings is 2. The zero-order valence-electron chi connectivity index (χ0n) is 11.9. The third kappa shape index (κ3) is 2.48. The van der Waals surface area contributed by atoms with E-state index in [4.69, 9.17) is 13.9 Å². The molecule has 0 amide bonds. The number of methoxy groups -OCH3 is 2. The van der Waals surface area contributed by atoms with Crippen molar-refractivity contribution in [1.82, 2.24) is 4.98 Å². The van der Waals surface area contributed by atoms with Gasteiger partial charge in [-0.25, -0.2) is 4.98 Å². The van der Waals surface area contributed by atoms with E-state index in [1.807, 2.05) is 48.5 Å². The van der Waals surface area contributed by atoms with Crippen LogP contribution in [0.15, 0.2) is 59.3 Å². The first-order valence-electron chi connectivity index (χ1n) is 6.55. The van der Waals surface area contributed by atoms with Crippen molar-refractivity contribution < 1.29 is 13.9 Å². The van der Waals surface area contributed by atoms with Gasteiger partial charge in [0, 0.05) is 11.1 Å². The molecule has 0 fully saturated rings. The molecule has 0 atom stereocenters. The fourth-order valence-corrected chi connectivity index (χ4v) is 2.23. The molecule has 0 radical (unpaired) electrons. The van der Waals surface area contributed by atoms with Crippen LogP contribution in [0.1, 0.15) is 0 Å². The average Bonchev–Trinajstić information content (AvgIpc) is 3.04. The molecule has 0 bridgehead atoms. The Kier molecular flexibility index (Phi) is 3.60. The van der Waals surface area contributed by atoms with Gasteiger partial charge in [-0.2, -0.15) is 0 Å². The largest absolute Gasteiger partial charge is 0.493 e. The van der Waals surface area contributed by atoms with Crippen molar-refractivity contribution in [3.05, 3.63) is 54.9 Å². The minimum absolute atomic E-state index is 0.658. The standard InChI is InChI=1S/C17H15NO3/c1-19-14-9-8-13(10-15(14)20-2)17-16(18-11-21-17)12-6-4-3-5-7-12/h3-11H,1-2H3. The molecule has 2 aromatic carbocycles. The highest BCUT2D eigenvalue weighted by Crippen LogP contribution is 2.36. The summed E-state index contributed by atoms with van der Waals surface area (Å²) in [6.07, 6.45) is 1.45. The van der Waals surface area contributed by atoms with Crippen LogP contribution in [0, 0.1) is 0 Å². The molecule has 0 N–H and O–H groups in total. The van der Waals surface area contributed by atoms with Crippen LogP contribution in [0.5, 0.6) is 11.5 Å². The van der Waals surface area contributed by atoms with Gasteiger partial charge in [0.2, 0.25) is 0 Å². The minimum atomic E-state index is 0.658. The van der Waals surface area contributed by atoms with Crippen LogP contribution in [0.2, 0.25) is 0 Å². The number of hydrogen-bond acceptors (Lipinski definition) is 4. The summed E-state index contributed by atoms with van der Waals surface area (Å²) in [4.78, 5) is 4.32. The highest BCUT2D eigenvalue weighted by atomic mass is 16.5. The van der Waals surface area contributed by atoms with Gasteiger partial charge in [-0.05, 0) is 18.2 Å². The van der Waals surface area contributed by atoms with Crippen LogP contribution in [0.3, 0.4) is 0 Å². The number of nitrogens with zero attached hydrogens (tertiary/aromatic N) is 1. The zero-order valence-corrected chi connectivity index (χ0v) is 11.9. The molecule has 1 aromatic heterocycles. The number of oxazole rings is 1. The highest BCUT2D eigenvalue weighted by Gasteiger charge is 2.15. The van der Waals surface area contributed by atoms with Crippen molar-refractivity contribution in [2.45, 2.75) is 0 Å². The SMILES string of the molecule is COc1ccc(-c2ocnc2-c2ccccc2)cc1OC. The number of aromatic nitrogens is 1.